The van der Waals surface area contributed by atoms with Crippen LogP contribution in [0.1, 0.15) is 43.2 Å². The minimum Gasteiger partial charge on any atom is -0.481 e. The van der Waals surface area contributed by atoms with Gasteiger partial charge in [0.2, 0.25) is 0 Å². The van der Waals surface area contributed by atoms with Crippen LogP contribution in [0.4, 0.5) is 0 Å². The van der Waals surface area contributed by atoms with Gasteiger partial charge in [-0.05, 0) is 37.1 Å². The molecule has 5 nitrogen and oxygen atoms in total. The lowest BCUT2D eigenvalue weighted by molar-refractivity contribution is -0.139. The van der Waals surface area contributed by atoms with Gasteiger partial charge in [0.1, 0.15) is 11.5 Å². The first-order valence-electron chi connectivity index (χ1n) is 7.76. The van der Waals surface area contributed by atoms with Crippen LogP contribution in [0.2, 0.25) is 0 Å². The molecule has 2 aromatic rings. The molecule has 24 heavy (non-hydrogen) atoms. The summed E-state index contributed by atoms with van der Waals surface area (Å²) in [4.78, 5) is 22.8. The van der Waals surface area contributed by atoms with Crippen molar-refractivity contribution in [3.63, 3.8) is 0 Å². The van der Waals surface area contributed by atoms with Gasteiger partial charge in [-0.2, -0.15) is 0 Å². The third kappa shape index (κ3) is 3.93. The van der Waals surface area contributed by atoms with E-state index in [0.29, 0.717) is 29.0 Å². The van der Waals surface area contributed by atoms with Crippen molar-refractivity contribution >= 4 is 11.9 Å². The third-order valence-electron chi connectivity index (χ3n) is 3.95. The normalized spacial score (nSPS) is 13.1. The molecule has 0 aromatic heterocycles. The van der Waals surface area contributed by atoms with Gasteiger partial charge in [-0.1, -0.05) is 37.3 Å². The first kappa shape index (κ1) is 17.5. The molecule has 0 aliphatic carbocycles. The molecule has 2 aromatic carbocycles. The molecule has 2 unspecified atom stereocenters. The maximum absolute atomic E-state index is 11.4. The Bertz CT molecular complexity index is 724. The highest BCUT2D eigenvalue weighted by Crippen LogP contribution is 2.34. The zero-order valence-corrected chi connectivity index (χ0v) is 13.6. The standard InChI is InChI=1S/C19H20O5/c1-3-15(19(22)23)13-9-10-17(16(11-13)12(2)18(20)21)24-14-7-5-4-6-8-14/h4-12,15H,3H2,1-2H3,(H,20,21)(H,22,23). The van der Waals surface area contributed by atoms with Crippen molar-refractivity contribution in [2.45, 2.75) is 32.1 Å². The fourth-order valence-electron chi connectivity index (χ4n) is 2.52. The Morgan fingerprint density at radius 1 is 1.04 bits per heavy atom. The van der Waals surface area contributed by atoms with Gasteiger partial charge in [-0.25, -0.2) is 0 Å². The first-order valence-corrected chi connectivity index (χ1v) is 7.76. The molecule has 0 saturated carbocycles. The lowest BCUT2D eigenvalue weighted by atomic mass is 9.91. The summed E-state index contributed by atoms with van der Waals surface area (Å²) >= 11 is 0. The lowest BCUT2D eigenvalue weighted by Crippen LogP contribution is -2.13. The molecule has 0 fully saturated rings. The molecule has 2 N–H and O–H groups in total. The smallest absolute Gasteiger partial charge is 0.310 e. The second kappa shape index (κ2) is 7.64. The van der Waals surface area contributed by atoms with Crippen LogP contribution in [0.3, 0.4) is 0 Å². The van der Waals surface area contributed by atoms with Gasteiger partial charge < -0.3 is 14.9 Å². The van der Waals surface area contributed by atoms with E-state index in [-0.39, 0.29) is 0 Å². The Balaban J connectivity index is 2.46. The van der Waals surface area contributed by atoms with Crippen molar-refractivity contribution in [1.29, 1.82) is 0 Å². The predicted molar refractivity (Wildman–Crippen MR) is 89.7 cm³/mol. The lowest BCUT2D eigenvalue weighted by Gasteiger charge is -2.18. The summed E-state index contributed by atoms with van der Waals surface area (Å²) in [6.07, 6.45) is 0.426. The van der Waals surface area contributed by atoms with Crippen LogP contribution >= 0.6 is 0 Å². The van der Waals surface area contributed by atoms with Crippen LogP contribution in [0.5, 0.6) is 11.5 Å². The minimum atomic E-state index is -0.992. The molecule has 2 atom stereocenters. The zero-order chi connectivity index (χ0) is 17.7. The van der Waals surface area contributed by atoms with Crippen molar-refractivity contribution in [3.8, 4) is 11.5 Å². The second-order valence-corrected chi connectivity index (χ2v) is 5.57. The number of rotatable bonds is 7. The van der Waals surface area contributed by atoms with Gasteiger partial charge in [0, 0.05) is 5.56 Å². The Kier molecular flexibility index (Phi) is 5.58. The Labute approximate surface area is 140 Å². The van der Waals surface area contributed by atoms with Crippen molar-refractivity contribution < 1.29 is 24.5 Å². The summed E-state index contributed by atoms with van der Waals surface area (Å²) in [6.45, 7) is 3.34. The predicted octanol–water partition coefficient (Wildman–Crippen LogP) is 4.25. The zero-order valence-electron chi connectivity index (χ0n) is 13.6. The van der Waals surface area contributed by atoms with E-state index in [1.807, 2.05) is 18.2 Å². The molecule has 2 rings (SSSR count). The van der Waals surface area contributed by atoms with E-state index >= 15 is 0 Å². The summed E-state index contributed by atoms with van der Waals surface area (Å²) in [5, 5.41) is 18.7. The fraction of sp³-hybridized carbons (Fsp3) is 0.263. The number of ether oxygens (including phenoxy) is 1. The van der Waals surface area contributed by atoms with Gasteiger partial charge in [0.25, 0.3) is 0 Å². The van der Waals surface area contributed by atoms with E-state index in [2.05, 4.69) is 0 Å². The molecule has 0 heterocycles. The van der Waals surface area contributed by atoms with Gasteiger partial charge in [-0.3, -0.25) is 9.59 Å². The molecule has 0 aliphatic rings. The van der Waals surface area contributed by atoms with E-state index in [9.17, 15) is 19.8 Å². The van der Waals surface area contributed by atoms with Gasteiger partial charge >= 0.3 is 11.9 Å². The molecule has 0 amide bonds. The molecule has 5 heteroatoms. The SMILES string of the molecule is CCC(C(=O)O)c1ccc(Oc2ccccc2)c(C(C)C(=O)O)c1. The molecule has 0 bridgehead atoms. The summed E-state index contributed by atoms with van der Waals surface area (Å²) in [5.74, 6) is -2.39. The highest BCUT2D eigenvalue weighted by atomic mass is 16.5. The number of carboxylic acid groups (broad SMARTS) is 2. The molecule has 0 radical (unpaired) electrons. The Morgan fingerprint density at radius 2 is 1.71 bits per heavy atom. The van der Waals surface area contributed by atoms with Crippen LogP contribution in [0.15, 0.2) is 48.5 Å². The van der Waals surface area contributed by atoms with E-state index in [0.717, 1.165) is 0 Å². The van der Waals surface area contributed by atoms with Crippen LogP contribution in [0, 0.1) is 0 Å². The quantitative estimate of drug-likeness (QED) is 0.794. The van der Waals surface area contributed by atoms with Crippen molar-refractivity contribution in [2.24, 2.45) is 0 Å². The van der Waals surface area contributed by atoms with E-state index in [1.165, 1.54) is 0 Å². The van der Waals surface area contributed by atoms with Crippen LogP contribution in [-0.2, 0) is 9.59 Å². The second-order valence-electron chi connectivity index (χ2n) is 5.57. The minimum absolute atomic E-state index is 0.417. The van der Waals surface area contributed by atoms with Crippen LogP contribution < -0.4 is 4.74 Å². The van der Waals surface area contributed by atoms with E-state index in [1.54, 1.807) is 44.2 Å². The van der Waals surface area contributed by atoms with Crippen molar-refractivity contribution in [2.75, 3.05) is 0 Å². The Morgan fingerprint density at radius 3 is 2.25 bits per heavy atom. The van der Waals surface area contributed by atoms with Crippen molar-refractivity contribution in [1.82, 2.24) is 0 Å². The molecular weight excluding hydrogens is 308 g/mol. The van der Waals surface area contributed by atoms with Crippen molar-refractivity contribution in [3.05, 3.63) is 59.7 Å². The largest absolute Gasteiger partial charge is 0.481 e. The highest BCUT2D eigenvalue weighted by Gasteiger charge is 2.23. The third-order valence-corrected chi connectivity index (χ3v) is 3.95. The summed E-state index contributed by atoms with van der Waals surface area (Å²) in [6, 6.07) is 14.0. The van der Waals surface area contributed by atoms with Crippen LogP contribution in [-0.4, -0.2) is 22.2 Å². The monoisotopic (exact) mass is 328 g/mol. The van der Waals surface area contributed by atoms with Gasteiger partial charge in [0.15, 0.2) is 0 Å². The molecule has 0 saturated heterocycles. The molecule has 126 valence electrons. The number of hydrogen-bond acceptors (Lipinski definition) is 3. The van der Waals surface area contributed by atoms with E-state index < -0.39 is 23.8 Å². The maximum Gasteiger partial charge on any atom is 0.310 e. The number of para-hydroxylation sites is 1. The Hall–Kier alpha value is -2.82. The average Bonchev–Trinajstić information content (AvgIpc) is 2.56. The number of carbonyl (C=O) groups is 2. The van der Waals surface area contributed by atoms with Gasteiger partial charge in [-0.15, -0.1) is 0 Å². The first-order chi connectivity index (χ1) is 11.4. The summed E-state index contributed by atoms with van der Waals surface area (Å²) in [7, 11) is 0. The van der Waals surface area contributed by atoms with E-state index in [4.69, 9.17) is 4.74 Å². The summed E-state index contributed by atoms with van der Waals surface area (Å²) < 4.78 is 5.80. The number of carboxylic acids is 2. The molecule has 0 spiro atoms. The molecular formula is C19H20O5. The number of hydrogen-bond donors (Lipinski definition) is 2. The maximum atomic E-state index is 11.4. The summed E-state index contributed by atoms with van der Waals surface area (Å²) in [5.41, 5.74) is 1.04. The fourth-order valence-corrected chi connectivity index (χ4v) is 2.52. The highest BCUT2D eigenvalue weighted by molar-refractivity contribution is 5.79. The molecule has 0 aliphatic heterocycles. The average molecular weight is 328 g/mol. The van der Waals surface area contributed by atoms with Gasteiger partial charge in [0.05, 0.1) is 11.8 Å². The number of aliphatic carboxylic acids is 2. The number of benzene rings is 2. The topological polar surface area (TPSA) is 83.8 Å². The van der Waals surface area contributed by atoms with Crippen LogP contribution in [0.25, 0.3) is 0 Å².